The van der Waals surface area contributed by atoms with Crippen LogP contribution in [-0.2, 0) is 0 Å². The van der Waals surface area contributed by atoms with Gasteiger partial charge in [0.1, 0.15) is 0 Å². The van der Waals surface area contributed by atoms with Gasteiger partial charge in [-0.15, -0.1) is 0 Å². The molecule has 0 atom stereocenters. The Bertz CT molecular complexity index is 451. The lowest BCUT2D eigenvalue weighted by Gasteiger charge is -2.29. The predicted molar refractivity (Wildman–Crippen MR) is 75.3 cm³/mol. The summed E-state index contributed by atoms with van der Waals surface area (Å²) in [6, 6.07) is 22.0. The van der Waals surface area contributed by atoms with Crippen LogP contribution < -0.4 is 10.4 Å². The molecule has 2 heteroatoms. The van der Waals surface area contributed by atoms with Crippen LogP contribution in [0.15, 0.2) is 60.7 Å². The summed E-state index contributed by atoms with van der Waals surface area (Å²) in [5, 5.41) is 3.03. The van der Waals surface area contributed by atoms with Crippen molar-refractivity contribution in [2.24, 2.45) is 0 Å². The second-order valence-electron chi connectivity index (χ2n) is 4.79. The summed E-state index contributed by atoms with van der Waals surface area (Å²) in [4.78, 5) is 0. The van der Waals surface area contributed by atoms with Gasteiger partial charge in [-0.25, -0.2) is 0 Å². The van der Waals surface area contributed by atoms with Crippen molar-refractivity contribution in [3.8, 4) is 0 Å². The summed E-state index contributed by atoms with van der Waals surface area (Å²) in [5.74, 6) is 0. The molecule has 3 rings (SSSR count). The van der Waals surface area contributed by atoms with Gasteiger partial charge in [0.15, 0.2) is 8.24 Å². The molecule has 0 unspecified atom stereocenters. The minimum atomic E-state index is -1.63. The van der Waals surface area contributed by atoms with E-state index in [0.717, 1.165) is 0 Å². The van der Waals surface area contributed by atoms with Crippen LogP contribution in [0.5, 0.6) is 0 Å². The van der Waals surface area contributed by atoms with Crippen molar-refractivity contribution >= 4 is 18.6 Å². The molecule has 1 heterocycles. The fraction of sp³-hybridized carbons (Fsp3) is 0.200. The van der Waals surface area contributed by atoms with Gasteiger partial charge in [-0.1, -0.05) is 60.7 Å². The molecule has 17 heavy (non-hydrogen) atoms. The van der Waals surface area contributed by atoms with Crippen molar-refractivity contribution < 1.29 is 0 Å². The van der Waals surface area contributed by atoms with E-state index >= 15 is 0 Å². The van der Waals surface area contributed by atoms with E-state index in [0.29, 0.717) is 0 Å². The highest BCUT2D eigenvalue weighted by molar-refractivity contribution is 6.99. The minimum absolute atomic E-state index is 1.26. The normalized spacial score (nSPS) is 15.8. The first-order valence-corrected chi connectivity index (χ1v) is 8.62. The Kier molecular flexibility index (Phi) is 2.61. The molecule has 0 bridgehead atoms. The lowest BCUT2D eigenvalue weighted by molar-refractivity contribution is 0.866. The van der Waals surface area contributed by atoms with Crippen molar-refractivity contribution in [2.45, 2.75) is 6.55 Å². The highest BCUT2D eigenvalue weighted by Crippen LogP contribution is 2.18. The maximum Gasteiger partial charge on any atom is 0.189 e. The van der Waals surface area contributed by atoms with Crippen molar-refractivity contribution in [1.29, 1.82) is 0 Å². The van der Waals surface area contributed by atoms with Crippen LogP contribution in [0.2, 0.25) is 6.55 Å². The van der Waals surface area contributed by atoms with E-state index in [4.69, 9.17) is 0 Å². The molecule has 1 fully saturated rings. The number of hydrogen-bond acceptors (Lipinski definition) is 1. The smallest absolute Gasteiger partial charge is 0.189 e. The molecule has 0 spiro atoms. The van der Waals surface area contributed by atoms with Crippen molar-refractivity contribution in [2.75, 3.05) is 13.1 Å². The third-order valence-corrected chi connectivity index (χ3v) is 8.38. The van der Waals surface area contributed by atoms with Crippen LogP contribution in [0.1, 0.15) is 0 Å². The molecular formula is C15H17NSi. The molecule has 0 amide bonds. The van der Waals surface area contributed by atoms with Gasteiger partial charge in [0.25, 0.3) is 0 Å². The molecule has 0 radical (unpaired) electrons. The zero-order chi connectivity index (χ0) is 11.7. The summed E-state index contributed by atoms with van der Waals surface area (Å²) < 4.78 is 2.65. The average molecular weight is 239 g/mol. The lowest BCUT2D eigenvalue weighted by Crippen LogP contribution is -2.62. The summed E-state index contributed by atoms with van der Waals surface area (Å²) in [5.41, 5.74) is 0. The fourth-order valence-corrected chi connectivity index (χ4v) is 6.30. The van der Waals surface area contributed by atoms with E-state index in [1.807, 2.05) is 0 Å². The Morgan fingerprint density at radius 2 is 1.18 bits per heavy atom. The van der Waals surface area contributed by atoms with Crippen LogP contribution in [0, 0.1) is 0 Å². The maximum absolute atomic E-state index is 2.65. The van der Waals surface area contributed by atoms with Gasteiger partial charge in [0.2, 0.25) is 0 Å². The van der Waals surface area contributed by atoms with Crippen molar-refractivity contribution in [1.82, 2.24) is 4.57 Å². The van der Waals surface area contributed by atoms with Crippen LogP contribution >= 0.6 is 0 Å². The van der Waals surface area contributed by atoms with Crippen LogP contribution in [-0.4, -0.2) is 25.9 Å². The third kappa shape index (κ3) is 1.83. The Balaban J connectivity index is 2.11. The molecule has 1 aliphatic rings. The SMILES string of the molecule is C[Si](c1ccccc1)(c1ccccc1)N1CC1. The monoisotopic (exact) mass is 239 g/mol. The largest absolute Gasteiger partial charge is 0.314 e. The van der Waals surface area contributed by atoms with Gasteiger partial charge >= 0.3 is 0 Å². The Labute approximate surface area is 104 Å². The van der Waals surface area contributed by atoms with Gasteiger partial charge in [-0.3, -0.25) is 0 Å². The molecule has 0 aromatic heterocycles. The summed E-state index contributed by atoms with van der Waals surface area (Å²) in [6.07, 6.45) is 0. The number of benzene rings is 2. The first-order valence-electron chi connectivity index (χ1n) is 6.18. The highest BCUT2D eigenvalue weighted by atomic mass is 28.3. The molecule has 2 aromatic rings. The highest BCUT2D eigenvalue weighted by Gasteiger charge is 2.43. The molecular weight excluding hydrogens is 222 g/mol. The Morgan fingerprint density at radius 3 is 1.53 bits per heavy atom. The number of hydrogen-bond donors (Lipinski definition) is 0. The zero-order valence-corrected chi connectivity index (χ0v) is 11.1. The molecule has 0 N–H and O–H groups in total. The fourth-order valence-electron chi connectivity index (χ4n) is 2.55. The van der Waals surface area contributed by atoms with Crippen LogP contribution in [0.25, 0.3) is 0 Å². The lowest BCUT2D eigenvalue weighted by atomic mass is 10.4. The summed E-state index contributed by atoms with van der Waals surface area (Å²) in [7, 11) is -1.63. The van der Waals surface area contributed by atoms with E-state index in [-0.39, 0.29) is 0 Å². The average Bonchev–Trinajstić information content (AvgIpc) is 3.24. The Hall–Kier alpha value is -1.38. The first-order chi connectivity index (χ1) is 8.32. The second-order valence-corrected chi connectivity index (χ2v) is 8.72. The zero-order valence-electron chi connectivity index (χ0n) is 10.1. The quantitative estimate of drug-likeness (QED) is 0.582. The number of nitrogens with zero attached hydrogens (tertiary/aromatic N) is 1. The van der Waals surface area contributed by atoms with E-state index in [1.165, 1.54) is 23.5 Å². The van der Waals surface area contributed by atoms with Crippen LogP contribution in [0.4, 0.5) is 0 Å². The first kappa shape index (κ1) is 10.8. The maximum atomic E-state index is 2.65. The topological polar surface area (TPSA) is 3.01 Å². The molecule has 2 aromatic carbocycles. The summed E-state index contributed by atoms with van der Waals surface area (Å²) in [6.45, 7) is 4.98. The van der Waals surface area contributed by atoms with Crippen molar-refractivity contribution in [3.05, 3.63) is 60.7 Å². The van der Waals surface area contributed by atoms with E-state index < -0.39 is 8.24 Å². The van der Waals surface area contributed by atoms with Gasteiger partial charge < -0.3 is 4.57 Å². The molecule has 0 aliphatic carbocycles. The molecule has 86 valence electrons. The molecule has 1 nitrogen and oxygen atoms in total. The standard InChI is InChI=1S/C15H17NSi/c1-17(16-12-13-16,14-8-4-2-5-9-14)15-10-6-3-7-11-15/h2-11H,12-13H2,1H3. The van der Waals surface area contributed by atoms with Gasteiger partial charge in [-0.2, -0.15) is 0 Å². The van der Waals surface area contributed by atoms with Crippen LogP contribution in [0.3, 0.4) is 0 Å². The predicted octanol–water partition coefficient (Wildman–Crippen LogP) is 1.69. The summed E-state index contributed by atoms with van der Waals surface area (Å²) >= 11 is 0. The third-order valence-electron chi connectivity index (χ3n) is 3.75. The van der Waals surface area contributed by atoms with Crippen molar-refractivity contribution in [3.63, 3.8) is 0 Å². The van der Waals surface area contributed by atoms with Gasteiger partial charge in [0.05, 0.1) is 0 Å². The van der Waals surface area contributed by atoms with Gasteiger partial charge in [0, 0.05) is 13.1 Å². The molecule has 0 saturated carbocycles. The second kappa shape index (κ2) is 4.13. The molecule has 1 saturated heterocycles. The molecule has 1 aliphatic heterocycles. The van der Waals surface area contributed by atoms with E-state index in [1.54, 1.807) is 0 Å². The van der Waals surface area contributed by atoms with Gasteiger partial charge in [-0.05, 0) is 16.9 Å². The van der Waals surface area contributed by atoms with E-state index in [9.17, 15) is 0 Å². The Morgan fingerprint density at radius 1 is 0.765 bits per heavy atom. The number of rotatable bonds is 3. The van der Waals surface area contributed by atoms with E-state index in [2.05, 4.69) is 71.8 Å². The minimum Gasteiger partial charge on any atom is -0.314 e.